The van der Waals surface area contributed by atoms with E-state index >= 15 is 0 Å². The largest absolute Gasteiger partial charge is 0.377 e. The maximum absolute atomic E-state index is 12.5. The number of nitrogens with zero attached hydrogens (tertiary/aromatic N) is 4. The predicted octanol–water partition coefficient (Wildman–Crippen LogP) is 0.413. The highest BCUT2D eigenvalue weighted by atomic mass is 16.5. The second-order valence-corrected chi connectivity index (χ2v) is 4.20. The average molecular weight is 259 g/mol. The fourth-order valence-corrected chi connectivity index (χ4v) is 2.12. The molecular weight excluding hydrogens is 246 g/mol. The normalized spacial score (nSPS) is 19.4. The average Bonchev–Trinajstić information content (AvgIpc) is 3.01. The van der Waals surface area contributed by atoms with Crippen molar-refractivity contribution in [2.45, 2.75) is 6.04 Å². The van der Waals surface area contributed by atoms with Crippen molar-refractivity contribution in [2.24, 2.45) is 0 Å². The smallest absolute Gasteiger partial charge is 0.273 e. The molecular formula is C12H13N5O2. The highest BCUT2D eigenvalue weighted by molar-refractivity contribution is 5.92. The van der Waals surface area contributed by atoms with Gasteiger partial charge in [0.15, 0.2) is 0 Å². The zero-order valence-electron chi connectivity index (χ0n) is 10.2. The van der Waals surface area contributed by atoms with Crippen molar-refractivity contribution < 1.29 is 9.53 Å². The molecule has 0 spiro atoms. The number of morpholine rings is 1. The number of aromatic amines is 1. The summed E-state index contributed by atoms with van der Waals surface area (Å²) >= 11 is 0. The van der Waals surface area contributed by atoms with Gasteiger partial charge < -0.3 is 9.64 Å². The summed E-state index contributed by atoms with van der Waals surface area (Å²) in [4.78, 5) is 22.0. The standard InChI is InChI=1S/C12H13N5O2/c18-12(10-1-3-13-8-14-10)17-5-6-19-7-11(17)9-2-4-15-16-9/h1-4,8,11H,5-7H2,(H,15,16)/t11-/m1/s1. The molecule has 3 rings (SSSR count). The Balaban J connectivity index is 1.87. The van der Waals surface area contributed by atoms with Crippen molar-refractivity contribution in [2.75, 3.05) is 19.8 Å². The molecule has 1 atom stereocenters. The van der Waals surface area contributed by atoms with Crippen LogP contribution in [0, 0.1) is 0 Å². The Labute approximate surface area is 109 Å². The molecule has 3 heterocycles. The Hall–Kier alpha value is -2.28. The second kappa shape index (κ2) is 5.15. The van der Waals surface area contributed by atoms with Crippen molar-refractivity contribution >= 4 is 5.91 Å². The van der Waals surface area contributed by atoms with Gasteiger partial charge in [0.2, 0.25) is 0 Å². The van der Waals surface area contributed by atoms with Crippen LogP contribution in [0.15, 0.2) is 30.9 Å². The van der Waals surface area contributed by atoms with Gasteiger partial charge in [0, 0.05) is 18.9 Å². The molecule has 98 valence electrons. The van der Waals surface area contributed by atoms with E-state index in [1.807, 2.05) is 6.07 Å². The van der Waals surface area contributed by atoms with E-state index < -0.39 is 0 Å². The molecule has 2 aromatic heterocycles. The quantitative estimate of drug-likeness (QED) is 0.844. The van der Waals surface area contributed by atoms with Gasteiger partial charge in [0.05, 0.1) is 24.9 Å². The molecule has 0 aromatic carbocycles. The van der Waals surface area contributed by atoms with Crippen LogP contribution in [0.1, 0.15) is 22.2 Å². The fraction of sp³-hybridized carbons (Fsp3) is 0.333. The summed E-state index contributed by atoms with van der Waals surface area (Å²) in [7, 11) is 0. The molecule has 7 nitrogen and oxygen atoms in total. The van der Waals surface area contributed by atoms with Crippen molar-refractivity contribution in [3.8, 4) is 0 Å². The Kier molecular flexibility index (Phi) is 3.20. The lowest BCUT2D eigenvalue weighted by atomic mass is 10.1. The maximum Gasteiger partial charge on any atom is 0.273 e. The molecule has 0 aliphatic carbocycles. The number of aromatic nitrogens is 4. The molecule has 0 unspecified atom stereocenters. The summed E-state index contributed by atoms with van der Waals surface area (Å²) < 4.78 is 5.45. The van der Waals surface area contributed by atoms with Crippen molar-refractivity contribution in [3.63, 3.8) is 0 Å². The molecule has 1 aliphatic rings. The van der Waals surface area contributed by atoms with Gasteiger partial charge in [0.25, 0.3) is 5.91 Å². The third-order valence-corrected chi connectivity index (χ3v) is 3.07. The first kappa shape index (κ1) is 11.8. The summed E-state index contributed by atoms with van der Waals surface area (Å²) in [6, 6.07) is 3.31. The lowest BCUT2D eigenvalue weighted by Crippen LogP contribution is -2.43. The van der Waals surface area contributed by atoms with Gasteiger partial charge in [0.1, 0.15) is 12.0 Å². The van der Waals surface area contributed by atoms with Crippen molar-refractivity contribution in [3.05, 3.63) is 42.2 Å². The Morgan fingerprint density at radius 2 is 2.37 bits per heavy atom. The number of carbonyl (C=O) groups excluding carboxylic acids is 1. The summed E-state index contributed by atoms with van der Waals surface area (Å²) in [6.07, 6.45) is 4.60. The van der Waals surface area contributed by atoms with Crippen LogP contribution in [0.3, 0.4) is 0 Å². The van der Waals surface area contributed by atoms with Crippen LogP contribution in [-0.4, -0.2) is 50.7 Å². The molecule has 1 N–H and O–H groups in total. The van der Waals surface area contributed by atoms with Crippen molar-refractivity contribution in [1.82, 2.24) is 25.1 Å². The Morgan fingerprint density at radius 1 is 1.42 bits per heavy atom. The van der Waals surface area contributed by atoms with Crippen LogP contribution in [0.5, 0.6) is 0 Å². The van der Waals surface area contributed by atoms with Gasteiger partial charge in [-0.15, -0.1) is 0 Å². The summed E-state index contributed by atoms with van der Waals surface area (Å²) in [5.74, 6) is -0.120. The number of hydrogen-bond acceptors (Lipinski definition) is 5. The van der Waals surface area contributed by atoms with E-state index in [0.717, 1.165) is 5.69 Å². The van der Waals surface area contributed by atoms with Crippen LogP contribution >= 0.6 is 0 Å². The van der Waals surface area contributed by atoms with E-state index in [1.54, 1.807) is 23.4 Å². The molecule has 0 saturated carbocycles. The predicted molar refractivity (Wildman–Crippen MR) is 65.2 cm³/mol. The van der Waals surface area contributed by atoms with Gasteiger partial charge >= 0.3 is 0 Å². The maximum atomic E-state index is 12.5. The van der Waals surface area contributed by atoms with E-state index in [1.165, 1.54) is 6.33 Å². The molecule has 1 aliphatic heterocycles. The number of hydrogen-bond donors (Lipinski definition) is 1. The number of carbonyl (C=O) groups is 1. The van der Waals surface area contributed by atoms with E-state index in [4.69, 9.17) is 4.74 Å². The number of ether oxygens (including phenoxy) is 1. The molecule has 19 heavy (non-hydrogen) atoms. The number of nitrogens with one attached hydrogen (secondary N) is 1. The highest BCUT2D eigenvalue weighted by Gasteiger charge is 2.30. The van der Waals surface area contributed by atoms with E-state index in [-0.39, 0.29) is 11.9 Å². The lowest BCUT2D eigenvalue weighted by Gasteiger charge is -2.34. The number of H-pyrrole nitrogens is 1. The van der Waals surface area contributed by atoms with Crippen LogP contribution in [0.25, 0.3) is 0 Å². The first-order valence-corrected chi connectivity index (χ1v) is 6.00. The summed E-state index contributed by atoms with van der Waals surface area (Å²) in [5, 5.41) is 6.81. The summed E-state index contributed by atoms with van der Waals surface area (Å²) in [6.45, 7) is 1.52. The van der Waals surface area contributed by atoms with Crippen LogP contribution in [-0.2, 0) is 4.74 Å². The molecule has 0 bridgehead atoms. The van der Waals surface area contributed by atoms with Gasteiger partial charge in [-0.25, -0.2) is 9.97 Å². The SMILES string of the molecule is O=C(c1ccncn1)N1CCOC[C@@H]1c1ccn[nH]1. The monoisotopic (exact) mass is 259 g/mol. The zero-order chi connectivity index (χ0) is 13.1. The third-order valence-electron chi connectivity index (χ3n) is 3.07. The van der Waals surface area contributed by atoms with Gasteiger partial charge in [-0.2, -0.15) is 5.10 Å². The lowest BCUT2D eigenvalue weighted by molar-refractivity contribution is -0.00422. The van der Waals surface area contributed by atoms with Crippen molar-refractivity contribution in [1.29, 1.82) is 0 Å². The van der Waals surface area contributed by atoms with E-state index in [0.29, 0.717) is 25.5 Å². The van der Waals surface area contributed by atoms with Gasteiger partial charge in [-0.1, -0.05) is 0 Å². The van der Waals surface area contributed by atoms with Crippen LogP contribution < -0.4 is 0 Å². The first-order valence-electron chi connectivity index (χ1n) is 6.00. The Morgan fingerprint density at radius 3 is 3.11 bits per heavy atom. The number of rotatable bonds is 2. The minimum absolute atomic E-state index is 0.120. The van der Waals surface area contributed by atoms with Gasteiger partial charge in [-0.3, -0.25) is 9.89 Å². The third kappa shape index (κ3) is 2.32. The van der Waals surface area contributed by atoms with Crippen LogP contribution in [0.4, 0.5) is 0 Å². The van der Waals surface area contributed by atoms with Crippen LogP contribution in [0.2, 0.25) is 0 Å². The first-order chi connectivity index (χ1) is 9.36. The summed E-state index contributed by atoms with van der Waals surface area (Å²) in [5.41, 5.74) is 1.25. The molecule has 1 fully saturated rings. The van der Waals surface area contributed by atoms with Gasteiger partial charge in [-0.05, 0) is 12.1 Å². The molecule has 1 saturated heterocycles. The topological polar surface area (TPSA) is 84.0 Å². The van der Waals surface area contributed by atoms with E-state index in [2.05, 4.69) is 20.2 Å². The minimum Gasteiger partial charge on any atom is -0.377 e. The zero-order valence-corrected chi connectivity index (χ0v) is 10.2. The molecule has 7 heteroatoms. The Bertz CT molecular complexity index is 543. The number of amides is 1. The molecule has 0 radical (unpaired) electrons. The molecule has 1 amide bonds. The second-order valence-electron chi connectivity index (χ2n) is 4.20. The minimum atomic E-state index is -0.154. The molecule has 2 aromatic rings. The van der Waals surface area contributed by atoms with E-state index in [9.17, 15) is 4.79 Å². The highest BCUT2D eigenvalue weighted by Crippen LogP contribution is 2.23. The fourth-order valence-electron chi connectivity index (χ4n) is 2.12.